The lowest BCUT2D eigenvalue weighted by Crippen LogP contribution is -1.93. The predicted molar refractivity (Wildman–Crippen MR) is 82.7 cm³/mol. The van der Waals surface area contributed by atoms with E-state index in [2.05, 4.69) is 24.3 Å². The third kappa shape index (κ3) is 4.48. The van der Waals surface area contributed by atoms with Gasteiger partial charge in [0.25, 0.3) is 0 Å². The van der Waals surface area contributed by atoms with E-state index in [9.17, 15) is 0 Å². The van der Waals surface area contributed by atoms with Gasteiger partial charge in [-0.25, -0.2) is 0 Å². The molecule has 0 spiro atoms. The maximum Gasteiger partial charge on any atom is 0.0471 e. The van der Waals surface area contributed by atoms with Gasteiger partial charge in [-0.1, -0.05) is 54.6 Å². The van der Waals surface area contributed by atoms with Crippen LogP contribution in [0.5, 0.6) is 0 Å². The molecule has 0 bridgehead atoms. The number of benzene rings is 2. The normalized spacial score (nSPS) is 13.7. The third-order valence-corrected chi connectivity index (χ3v) is 3.31. The molecule has 1 aliphatic rings. The SMILES string of the molecule is C1CCOC1.OCCc1ccccc1-c1ccccc1. The zero-order valence-electron chi connectivity index (χ0n) is 11.8. The van der Waals surface area contributed by atoms with Crippen LogP contribution in [0.4, 0.5) is 0 Å². The average molecular weight is 270 g/mol. The monoisotopic (exact) mass is 270 g/mol. The molecule has 1 fully saturated rings. The Morgan fingerprint density at radius 3 is 2.10 bits per heavy atom. The van der Waals surface area contributed by atoms with E-state index in [1.807, 2.05) is 30.3 Å². The van der Waals surface area contributed by atoms with Gasteiger partial charge < -0.3 is 9.84 Å². The molecule has 106 valence electrons. The Hall–Kier alpha value is -1.64. The Bertz CT molecular complexity index is 482. The van der Waals surface area contributed by atoms with Gasteiger partial charge in [-0.3, -0.25) is 0 Å². The van der Waals surface area contributed by atoms with Crippen LogP contribution in [-0.4, -0.2) is 24.9 Å². The van der Waals surface area contributed by atoms with E-state index >= 15 is 0 Å². The van der Waals surface area contributed by atoms with Crippen molar-refractivity contribution < 1.29 is 9.84 Å². The second-order valence-electron chi connectivity index (χ2n) is 4.82. The first-order chi connectivity index (χ1) is 9.92. The summed E-state index contributed by atoms with van der Waals surface area (Å²) in [5.41, 5.74) is 3.62. The number of hydrogen-bond donors (Lipinski definition) is 1. The van der Waals surface area contributed by atoms with E-state index in [-0.39, 0.29) is 6.61 Å². The lowest BCUT2D eigenvalue weighted by Gasteiger charge is -2.07. The molecule has 1 saturated heterocycles. The molecule has 0 aromatic heterocycles. The molecule has 3 rings (SSSR count). The van der Waals surface area contributed by atoms with Gasteiger partial charge >= 0.3 is 0 Å². The predicted octanol–water partition coefficient (Wildman–Crippen LogP) is 3.69. The van der Waals surface area contributed by atoms with Crippen molar-refractivity contribution in [3.63, 3.8) is 0 Å². The summed E-state index contributed by atoms with van der Waals surface area (Å²) in [4.78, 5) is 0. The van der Waals surface area contributed by atoms with Gasteiger partial charge in [-0.15, -0.1) is 0 Å². The largest absolute Gasteiger partial charge is 0.396 e. The smallest absolute Gasteiger partial charge is 0.0471 e. The molecular weight excluding hydrogens is 248 g/mol. The van der Waals surface area contributed by atoms with E-state index < -0.39 is 0 Å². The van der Waals surface area contributed by atoms with Crippen molar-refractivity contribution in [2.24, 2.45) is 0 Å². The molecule has 0 radical (unpaired) electrons. The summed E-state index contributed by atoms with van der Waals surface area (Å²) in [5.74, 6) is 0. The fourth-order valence-corrected chi connectivity index (χ4v) is 2.27. The topological polar surface area (TPSA) is 29.5 Å². The molecule has 0 saturated carbocycles. The number of rotatable bonds is 3. The van der Waals surface area contributed by atoms with Crippen LogP contribution >= 0.6 is 0 Å². The fraction of sp³-hybridized carbons (Fsp3) is 0.333. The fourth-order valence-electron chi connectivity index (χ4n) is 2.27. The summed E-state index contributed by atoms with van der Waals surface area (Å²) >= 11 is 0. The van der Waals surface area contributed by atoms with E-state index in [0.717, 1.165) is 13.2 Å². The van der Waals surface area contributed by atoms with E-state index in [0.29, 0.717) is 6.42 Å². The Morgan fingerprint density at radius 2 is 1.50 bits per heavy atom. The van der Waals surface area contributed by atoms with Gasteiger partial charge in [0.05, 0.1) is 0 Å². The van der Waals surface area contributed by atoms with Crippen molar-refractivity contribution in [1.82, 2.24) is 0 Å². The molecule has 2 nitrogen and oxygen atoms in total. The number of hydrogen-bond acceptors (Lipinski definition) is 2. The molecule has 0 amide bonds. The zero-order valence-corrected chi connectivity index (χ0v) is 11.8. The second-order valence-corrected chi connectivity index (χ2v) is 4.82. The number of aliphatic hydroxyl groups is 1. The van der Waals surface area contributed by atoms with Crippen molar-refractivity contribution >= 4 is 0 Å². The Labute approximate surface area is 121 Å². The van der Waals surface area contributed by atoms with Crippen LogP contribution in [0.15, 0.2) is 54.6 Å². The van der Waals surface area contributed by atoms with Crippen molar-refractivity contribution in [2.75, 3.05) is 19.8 Å². The highest BCUT2D eigenvalue weighted by Gasteiger charge is 2.02. The minimum Gasteiger partial charge on any atom is -0.396 e. The molecule has 2 aromatic carbocycles. The molecule has 1 N–H and O–H groups in total. The summed E-state index contributed by atoms with van der Waals surface area (Å²) in [6.07, 6.45) is 3.27. The van der Waals surface area contributed by atoms with E-state index in [1.165, 1.54) is 29.5 Å². The Balaban J connectivity index is 0.000000247. The van der Waals surface area contributed by atoms with Crippen LogP contribution in [0.3, 0.4) is 0 Å². The lowest BCUT2D eigenvalue weighted by atomic mass is 9.98. The summed E-state index contributed by atoms with van der Waals surface area (Å²) in [6, 6.07) is 18.5. The molecular formula is C18H22O2. The lowest BCUT2D eigenvalue weighted by molar-refractivity contribution is 0.198. The first-order valence-electron chi connectivity index (χ1n) is 7.24. The van der Waals surface area contributed by atoms with E-state index in [4.69, 9.17) is 9.84 Å². The standard InChI is InChI=1S/C14H14O.C4H8O/c15-11-10-13-8-4-5-9-14(13)12-6-2-1-3-7-12;1-2-4-5-3-1/h1-9,15H,10-11H2;1-4H2. The van der Waals surface area contributed by atoms with Crippen LogP contribution < -0.4 is 0 Å². The van der Waals surface area contributed by atoms with Gasteiger partial charge in [0.1, 0.15) is 0 Å². The minimum atomic E-state index is 0.198. The third-order valence-electron chi connectivity index (χ3n) is 3.31. The molecule has 2 heteroatoms. The van der Waals surface area contributed by atoms with Gasteiger partial charge in [0.2, 0.25) is 0 Å². The maximum atomic E-state index is 8.99. The van der Waals surface area contributed by atoms with Gasteiger partial charge in [0.15, 0.2) is 0 Å². The highest BCUT2D eigenvalue weighted by molar-refractivity contribution is 5.67. The summed E-state index contributed by atoms with van der Waals surface area (Å²) in [6.45, 7) is 2.20. The van der Waals surface area contributed by atoms with Gasteiger partial charge in [-0.05, 0) is 36.0 Å². The Kier molecular flexibility index (Phi) is 6.28. The molecule has 2 aromatic rings. The van der Waals surface area contributed by atoms with Crippen LogP contribution in [0.25, 0.3) is 11.1 Å². The molecule has 20 heavy (non-hydrogen) atoms. The van der Waals surface area contributed by atoms with Crippen molar-refractivity contribution in [3.05, 3.63) is 60.2 Å². The molecule has 0 atom stereocenters. The number of ether oxygens (including phenoxy) is 1. The summed E-state index contributed by atoms with van der Waals surface area (Å²) < 4.78 is 4.94. The first-order valence-corrected chi connectivity index (χ1v) is 7.24. The highest BCUT2D eigenvalue weighted by Crippen LogP contribution is 2.23. The zero-order chi connectivity index (χ0) is 14.0. The number of aliphatic hydroxyl groups excluding tert-OH is 1. The Morgan fingerprint density at radius 1 is 0.850 bits per heavy atom. The molecule has 1 heterocycles. The van der Waals surface area contributed by atoms with Crippen molar-refractivity contribution in [2.45, 2.75) is 19.3 Å². The average Bonchev–Trinajstić information content (AvgIpc) is 3.09. The first kappa shape index (κ1) is 14.8. The van der Waals surface area contributed by atoms with Gasteiger partial charge in [0, 0.05) is 19.8 Å². The van der Waals surface area contributed by atoms with Crippen LogP contribution in [0.2, 0.25) is 0 Å². The van der Waals surface area contributed by atoms with Crippen LogP contribution in [-0.2, 0) is 11.2 Å². The quantitative estimate of drug-likeness (QED) is 0.921. The van der Waals surface area contributed by atoms with Gasteiger partial charge in [-0.2, -0.15) is 0 Å². The van der Waals surface area contributed by atoms with Crippen LogP contribution in [0.1, 0.15) is 18.4 Å². The summed E-state index contributed by atoms with van der Waals surface area (Å²) in [5, 5.41) is 8.99. The van der Waals surface area contributed by atoms with E-state index in [1.54, 1.807) is 0 Å². The second kappa shape index (κ2) is 8.51. The minimum absolute atomic E-state index is 0.198. The molecule has 0 unspecified atom stereocenters. The van der Waals surface area contributed by atoms with Crippen molar-refractivity contribution in [1.29, 1.82) is 0 Å². The van der Waals surface area contributed by atoms with Crippen LogP contribution in [0, 0.1) is 0 Å². The maximum absolute atomic E-state index is 8.99. The highest BCUT2D eigenvalue weighted by atomic mass is 16.5. The molecule has 1 aliphatic heterocycles. The molecule has 0 aliphatic carbocycles. The van der Waals surface area contributed by atoms with Crippen molar-refractivity contribution in [3.8, 4) is 11.1 Å². The summed E-state index contributed by atoms with van der Waals surface area (Å²) in [7, 11) is 0.